The van der Waals surface area contributed by atoms with Crippen molar-refractivity contribution in [3.05, 3.63) is 34.3 Å². The van der Waals surface area contributed by atoms with Crippen LogP contribution in [0.5, 0.6) is 0 Å². The Hall–Kier alpha value is -1.68. The van der Waals surface area contributed by atoms with Crippen molar-refractivity contribution < 1.29 is 27.5 Å². The molecule has 0 heterocycles. The Bertz CT molecular complexity index is 665. The van der Waals surface area contributed by atoms with Crippen molar-refractivity contribution >= 4 is 39.8 Å². The van der Waals surface area contributed by atoms with Crippen molar-refractivity contribution in [1.29, 1.82) is 0 Å². The second-order valence-electron chi connectivity index (χ2n) is 5.71. The van der Waals surface area contributed by atoms with Crippen LogP contribution in [-0.4, -0.2) is 35.3 Å². The summed E-state index contributed by atoms with van der Waals surface area (Å²) in [5.74, 6) is -2.80. The van der Waals surface area contributed by atoms with E-state index in [0.717, 1.165) is 41.9 Å². The van der Waals surface area contributed by atoms with Gasteiger partial charge in [0.05, 0.1) is 11.5 Å². The van der Waals surface area contributed by atoms with Gasteiger partial charge in [0.15, 0.2) is 4.38 Å². The molecule has 28 heavy (non-hydrogen) atoms. The Balaban J connectivity index is 5.34. The van der Waals surface area contributed by atoms with Gasteiger partial charge in [-0.05, 0) is 52.9 Å². The van der Waals surface area contributed by atoms with Crippen LogP contribution in [0.2, 0.25) is 0 Å². The van der Waals surface area contributed by atoms with Crippen molar-refractivity contribution in [2.45, 2.75) is 46.7 Å². The highest BCUT2D eigenvalue weighted by Crippen LogP contribution is 2.25. The molecule has 0 aliphatic heterocycles. The molecule has 0 aromatic heterocycles. The van der Waals surface area contributed by atoms with Gasteiger partial charge in [0.25, 0.3) is 0 Å². The first-order valence-electron chi connectivity index (χ1n) is 8.35. The summed E-state index contributed by atoms with van der Waals surface area (Å²) < 4.78 is 41.8. The zero-order chi connectivity index (χ0) is 21.7. The van der Waals surface area contributed by atoms with Crippen LogP contribution in [0.4, 0.5) is 13.2 Å². The third kappa shape index (κ3) is 11.9. The topological polar surface area (TPSA) is 67.8 Å². The number of allylic oxidation sites excluding steroid dienone is 5. The Morgan fingerprint density at radius 1 is 1.18 bits per heavy atom. The minimum atomic E-state index is -5.04. The van der Waals surface area contributed by atoms with Crippen molar-refractivity contribution in [1.82, 2.24) is 5.43 Å². The van der Waals surface area contributed by atoms with E-state index in [2.05, 4.69) is 11.2 Å². The molecular formula is C18H25F3N2O3S2. The van der Waals surface area contributed by atoms with E-state index in [-0.39, 0.29) is 15.9 Å². The molecule has 1 amide bonds. The lowest BCUT2D eigenvalue weighted by atomic mass is 10.1. The second kappa shape index (κ2) is 13.5. The predicted octanol–water partition coefficient (Wildman–Crippen LogP) is 5.17. The molecule has 10 heteroatoms. The summed E-state index contributed by atoms with van der Waals surface area (Å²) in [6, 6.07) is 0. The molecule has 0 saturated carbocycles. The summed E-state index contributed by atoms with van der Waals surface area (Å²) in [5.41, 5.74) is 3.67. The van der Waals surface area contributed by atoms with Gasteiger partial charge in [-0.3, -0.25) is 4.79 Å². The van der Waals surface area contributed by atoms with Crippen molar-refractivity contribution in [3.63, 3.8) is 0 Å². The second-order valence-corrected chi connectivity index (χ2v) is 7.79. The Kier molecular flexibility index (Phi) is 12.7. The number of amides is 1. The van der Waals surface area contributed by atoms with Crippen molar-refractivity contribution in [2.75, 3.05) is 12.9 Å². The highest BCUT2D eigenvalue weighted by atomic mass is 32.2. The van der Waals surface area contributed by atoms with Gasteiger partial charge in [-0.25, -0.2) is 10.2 Å². The van der Waals surface area contributed by atoms with Gasteiger partial charge in [-0.1, -0.05) is 35.1 Å². The number of halogens is 3. The van der Waals surface area contributed by atoms with Crippen LogP contribution < -0.4 is 5.43 Å². The normalized spacial score (nSPS) is 13.2. The number of nitrogens with one attached hydrogen (secondary N) is 1. The lowest BCUT2D eigenvalue weighted by Gasteiger charge is -2.08. The third-order valence-corrected chi connectivity index (χ3v) is 4.94. The number of ether oxygens (including phenoxy) is 1. The van der Waals surface area contributed by atoms with Gasteiger partial charge in [0.2, 0.25) is 0 Å². The van der Waals surface area contributed by atoms with E-state index in [0.29, 0.717) is 0 Å². The Labute approximate surface area is 171 Å². The summed E-state index contributed by atoms with van der Waals surface area (Å²) in [6.07, 6.45) is 3.58. The fourth-order valence-electron chi connectivity index (χ4n) is 1.60. The average Bonchev–Trinajstić information content (AvgIpc) is 2.59. The number of alkyl halides is 3. The first-order valence-corrected chi connectivity index (χ1v) is 10.4. The smallest absolute Gasteiger partial charge is 0.462 e. The van der Waals surface area contributed by atoms with Crippen LogP contribution >= 0.6 is 23.5 Å². The van der Waals surface area contributed by atoms with E-state index in [9.17, 15) is 22.8 Å². The standard InChI is InChI=1S/C18H25F3N2O3S2/c1-6-26-15(24)14(11-10-13(4)9-7-8-12(2)3)28-17(27-5)23-22-16(25)18(19,20)21/h8,10-11H,6-7,9H2,1-5H3,(H,22,25)/b13-10+,14-11-,23-17+. The SMILES string of the molecule is CCOC(=O)/C(=C/C=C(\C)CCC=C(C)C)S/C(=N/NC(=O)C(F)(F)F)SC. The van der Waals surface area contributed by atoms with E-state index in [1.165, 1.54) is 17.1 Å². The van der Waals surface area contributed by atoms with Gasteiger partial charge in [-0.2, -0.15) is 18.3 Å². The summed E-state index contributed by atoms with van der Waals surface area (Å²) in [5, 5.41) is 3.43. The van der Waals surface area contributed by atoms with Gasteiger partial charge in [-0.15, -0.1) is 11.8 Å². The fourth-order valence-corrected chi connectivity index (χ4v) is 2.90. The predicted molar refractivity (Wildman–Crippen MR) is 110 cm³/mol. The Morgan fingerprint density at radius 3 is 2.32 bits per heavy atom. The summed E-state index contributed by atoms with van der Waals surface area (Å²) in [6.45, 7) is 7.73. The highest BCUT2D eigenvalue weighted by molar-refractivity contribution is 8.40. The van der Waals surface area contributed by atoms with E-state index >= 15 is 0 Å². The maximum absolute atomic E-state index is 12.3. The van der Waals surface area contributed by atoms with Gasteiger partial charge in [0, 0.05) is 0 Å². The number of hydrogen-bond acceptors (Lipinski definition) is 6. The van der Waals surface area contributed by atoms with E-state index in [1.54, 1.807) is 19.3 Å². The number of hydrazone groups is 1. The largest absolute Gasteiger partial charge is 0.473 e. The van der Waals surface area contributed by atoms with Crippen LogP contribution in [0.3, 0.4) is 0 Å². The maximum Gasteiger partial charge on any atom is 0.473 e. The van der Waals surface area contributed by atoms with Crippen LogP contribution in [0.25, 0.3) is 0 Å². The van der Waals surface area contributed by atoms with Crippen LogP contribution in [0.15, 0.2) is 39.4 Å². The molecule has 0 aromatic rings. The molecule has 0 bridgehead atoms. The zero-order valence-corrected chi connectivity index (χ0v) is 18.1. The van der Waals surface area contributed by atoms with Crippen LogP contribution in [0.1, 0.15) is 40.5 Å². The van der Waals surface area contributed by atoms with Crippen molar-refractivity contribution in [3.8, 4) is 0 Å². The molecule has 0 aliphatic carbocycles. The molecule has 158 valence electrons. The number of nitrogens with zero attached hydrogens (tertiary/aromatic N) is 1. The number of carbonyl (C=O) groups excluding carboxylic acids is 2. The van der Waals surface area contributed by atoms with E-state index in [4.69, 9.17) is 4.74 Å². The van der Waals surface area contributed by atoms with Crippen molar-refractivity contribution in [2.24, 2.45) is 5.10 Å². The maximum atomic E-state index is 12.3. The monoisotopic (exact) mass is 438 g/mol. The zero-order valence-electron chi connectivity index (χ0n) is 16.5. The minimum Gasteiger partial charge on any atom is -0.462 e. The van der Waals surface area contributed by atoms with Crippen LogP contribution in [0, 0.1) is 0 Å². The fraction of sp³-hybridized carbons (Fsp3) is 0.500. The molecule has 1 N–H and O–H groups in total. The molecule has 0 saturated heterocycles. The lowest BCUT2D eigenvalue weighted by Crippen LogP contribution is -2.33. The lowest BCUT2D eigenvalue weighted by molar-refractivity contribution is -0.173. The number of esters is 1. The molecule has 0 atom stereocenters. The van der Waals surface area contributed by atoms with Gasteiger partial charge >= 0.3 is 18.1 Å². The quantitative estimate of drug-likeness (QED) is 0.108. The summed E-state index contributed by atoms with van der Waals surface area (Å²) in [4.78, 5) is 23.2. The first-order chi connectivity index (χ1) is 13.0. The van der Waals surface area contributed by atoms with Gasteiger partial charge in [0.1, 0.15) is 0 Å². The minimum absolute atomic E-state index is 0.0625. The first kappa shape index (κ1) is 26.3. The van der Waals surface area contributed by atoms with E-state index < -0.39 is 18.1 Å². The molecule has 0 aliphatic rings. The molecule has 0 aromatic carbocycles. The Morgan fingerprint density at radius 2 is 1.82 bits per heavy atom. The van der Waals surface area contributed by atoms with Gasteiger partial charge < -0.3 is 4.74 Å². The van der Waals surface area contributed by atoms with E-state index in [1.807, 2.05) is 20.8 Å². The summed E-state index contributed by atoms with van der Waals surface area (Å²) >= 11 is 1.81. The average molecular weight is 439 g/mol. The highest BCUT2D eigenvalue weighted by Gasteiger charge is 2.38. The number of carbonyl (C=O) groups is 2. The molecular weight excluding hydrogens is 413 g/mol. The third-order valence-electron chi connectivity index (χ3n) is 2.97. The number of hydrogen-bond donors (Lipinski definition) is 1. The molecule has 5 nitrogen and oxygen atoms in total. The number of thioether (sulfide) groups is 2. The molecule has 0 radical (unpaired) electrons. The molecule has 0 rings (SSSR count). The molecule has 0 fully saturated rings. The number of rotatable bonds is 8. The van der Waals surface area contributed by atoms with Crippen LogP contribution in [-0.2, 0) is 14.3 Å². The molecule has 0 unspecified atom stereocenters. The molecule has 0 spiro atoms. The summed E-state index contributed by atoms with van der Waals surface area (Å²) in [7, 11) is 0.